The number of hydrogen-bond donors (Lipinski definition) is 0. The van der Waals surface area contributed by atoms with E-state index in [1.165, 1.54) is 12.8 Å². The molecule has 1 fully saturated rings. The molecule has 1 aromatic heterocycles. The maximum atomic E-state index is 5.55. The molecule has 2 aromatic rings. The Bertz CT molecular complexity index is 642. The van der Waals surface area contributed by atoms with Crippen LogP contribution in [-0.4, -0.2) is 43.3 Å². The molecule has 1 aromatic carbocycles. The average Bonchev–Trinajstić information content (AvgIpc) is 2.56. The molecule has 3 rings (SSSR count). The van der Waals surface area contributed by atoms with Crippen molar-refractivity contribution in [1.29, 1.82) is 0 Å². The van der Waals surface area contributed by atoms with Crippen LogP contribution in [0.4, 0.5) is 0 Å². The summed E-state index contributed by atoms with van der Waals surface area (Å²) in [5.41, 5.74) is 2.18. The Labute approximate surface area is 138 Å². The van der Waals surface area contributed by atoms with Gasteiger partial charge in [0.25, 0.3) is 0 Å². The minimum atomic E-state index is 0.656. The minimum Gasteiger partial charge on any atom is -0.494 e. The van der Waals surface area contributed by atoms with Crippen molar-refractivity contribution in [3.63, 3.8) is 0 Å². The van der Waals surface area contributed by atoms with E-state index in [1.54, 1.807) is 7.11 Å². The summed E-state index contributed by atoms with van der Waals surface area (Å²) in [5.74, 6) is 1.57. The Morgan fingerprint density at radius 3 is 3.00 bits per heavy atom. The molecular formula is C19H26N2O2. The Morgan fingerprint density at radius 1 is 1.26 bits per heavy atom. The zero-order valence-corrected chi connectivity index (χ0v) is 14.1. The quantitative estimate of drug-likeness (QED) is 0.817. The lowest BCUT2D eigenvalue weighted by molar-refractivity contribution is 0.0868. The Morgan fingerprint density at radius 2 is 2.17 bits per heavy atom. The van der Waals surface area contributed by atoms with Gasteiger partial charge < -0.3 is 9.47 Å². The van der Waals surface area contributed by atoms with Crippen LogP contribution in [0.25, 0.3) is 10.9 Å². The molecule has 23 heavy (non-hydrogen) atoms. The van der Waals surface area contributed by atoms with Crippen molar-refractivity contribution in [2.45, 2.75) is 26.3 Å². The molecule has 1 atom stereocenters. The molecule has 4 nitrogen and oxygen atoms in total. The second kappa shape index (κ2) is 7.75. The van der Waals surface area contributed by atoms with E-state index in [9.17, 15) is 0 Å². The van der Waals surface area contributed by atoms with Crippen LogP contribution in [0.5, 0.6) is 5.75 Å². The molecule has 2 heterocycles. The Hall–Kier alpha value is -1.65. The largest absolute Gasteiger partial charge is 0.494 e. The SMILES string of the molecule is CCOc1ccc2nc(CN3CCC[C@H](COC)C3)ccc2c1. The molecule has 124 valence electrons. The molecule has 0 radical (unpaired) electrons. The number of pyridine rings is 1. The predicted molar refractivity (Wildman–Crippen MR) is 92.8 cm³/mol. The van der Waals surface area contributed by atoms with Gasteiger partial charge in [-0.05, 0) is 56.5 Å². The molecule has 4 heteroatoms. The van der Waals surface area contributed by atoms with Gasteiger partial charge >= 0.3 is 0 Å². The van der Waals surface area contributed by atoms with E-state index >= 15 is 0 Å². The lowest BCUT2D eigenvalue weighted by atomic mass is 9.99. The van der Waals surface area contributed by atoms with Crippen molar-refractivity contribution in [3.8, 4) is 5.75 Å². The summed E-state index contributed by atoms with van der Waals surface area (Å²) < 4.78 is 10.9. The first-order chi connectivity index (χ1) is 11.3. The highest BCUT2D eigenvalue weighted by molar-refractivity contribution is 5.80. The lowest BCUT2D eigenvalue weighted by Crippen LogP contribution is -2.36. The highest BCUT2D eigenvalue weighted by atomic mass is 16.5. The van der Waals surface area contributed by atoms with Gasteiger partial charge in [0, 0.05) is 25.6 Å². The van der Waals surface area contributed by atoms with Gasteiger partial charge in [-0.2, -0.15) is 0 Å². The molecule has 0 unspecified atom stereocenters. The minimum absolute atomic E-state index is 0.656. The summed E-state index contributed by atoms with van der Waals surface area (Å²) in [4.78, 5) is 7.31. The second-order valence-corrected chi connectivity index (χ2v) is 6.29. The van der Waals surface area contributed by atoms with Gasteiger partial charge in [-0.3, -0.25) is 9.88 Å². The Balaban J connectivity index is 1.69. The molecule has 0 bridgehead atoms. The summed E-state index contributed by atoms with van der Waals surface area (Å²) in [6.07, 6.45) is 2.52. The van der Waals surface area contributed by atoms with Crippen molar-refractivity contribution in [3.05, 3.63) is 36.0 Å². The third-order valence-corrected chi connectivity index (χ3v) is 4.42. The van der Waals surface area contributed by atoms with Gasteiger partial charge in [0.15, 0.2) is 0 Å². The number of rotatable bonds is 6. The van der Waals surface area contributed by atoms with E-state index in [0.717, 1.165) is 48.6 Å². The van der Waals surface area contributed by atoms with Crippen LogP contribution in [0.2, 0.25) is 0 Å². The van der Waals surface area contributed by atoms with Crippen molar-refractivity contribution in [2.75, 3.05) is 33.4 Å². The number of fused-ring (bicyclic) bond motifs is 1. The topological polar surface area (TPSA) is 34.6 Å². The van der Waals surface area contributed by atoms with Crippen molar-refractivity contribution >= 4 is 10.9 Å². The summed E-state index contributed by atoms with van der Waals surface area (Å²) in [7, 11) is 1.79. The van der Waals surface area contributed by atoms with E-state index in [2.05, 4.69) is 23.1 Å². The molecule has 0 aliphatic carbocycles. The fourth-order valence-corrected chi connectivity index (χ4v) is 3.39. The van der Waals surface area contributed by atoms with Gasteiger partial charge in [0.2, 0.25) is 0 Å². The van der Waals surface area contributed by atoms with Crippen LogP contribution in [0.15, 0.2) is 30.3 Å². The van der Waals surface area contributed by atoms with Gasteiger partial charge in [-0.25, -0.2) is 0 Å². The lowest BCUT2D eigenvalue weighted by Gasteiger charge is -2.32. The molecule has 0 saturated carbocycles. The van der Waals surface area contributed by atoms with E-state index in [0.29, 0.717) is 12.5 Å². The van der Waals surface area contributed by atoms with E-state index in [-0.39, 0.29) is 0 Å². The van der Waals surface area contributed by atoms with E-state index in [4.69, 9.17) is 14.5 Å². The standard InChI is InChI=1S/C19H26N2O2/c1-3-23-18-8-9-19-16(11-18)6-7-17(20-19)13-21-10-4-5-15(12-21)14-22-2/h6-9,11,15H,3-5,10,12-14H2,1-2H3/t15-/m0/s1. The van der Waals surface area contributed by atoms with Crippen LogP contribution in [0.3, 0.4) is 0 Å². The Kier molecular flexibility index (Phi) is 5.47. The van der Waals surface area contributed by atoms with E-state index in [1.807, 2.05) is 19.1 Å². The molecular weight excluding hydrogens is 288 g/mol. The van der Waals surface area contributed by atoms with Crippen molar-refractivity contribution in [2.24, 2.45) is 5.92 Å². The highest BCUT2D eigenvalue weighted by Crippen LogP contribution is 2.22. The molecule has 0 N–H and O–H groups in total. The summed E-state index contributed by atoms with van der Waals surface area (Å²) >= 11 is 0. The highest BCUT2D eigenvalue weighted by Gasteiger charge is 2.20. The van der Waals surface area contributed by atoms with Gasteiger partial charge in [0.05, 0.1) is 24.4 Å². The number of benzene rings is 1. The smallest absolute Gasteiger partial charge is 0.120 e. The third kappa shape index (κ3) is 4.21. The second-order valence-electron chi connectivity index (χ2n) is 6.29. The first-order valence-corrected chi connectivity index (χ1v) is 8.52. The number of nitrogens with zero attached hydrogens (tertiary/aromatic N) is 2. The van der Waals surface area contributed by atoms with Crippen molar-refractivity contribution in [1.82, 2.24) is 9.88 Å². The normalized spacial score (nSPS) is 19.1. The fraction of sp³-hybridized carbons (Fsp3) is 0.526. The predicted octanol–water partition coefficient (Wildman–Crippen LogP) is 3.49. The van der Waals surface area contributed by atoms with Gasteiger partial charge in [-0.1, -0.05) is 6.07 Å². The first kappa shape index (κ1) is 16.2. The maximum absolute atomic E-state index is 5.55. The monoisotopic (exact) mass is 314 g/mol. The van der Waals surface area contributed by atoms with Crippen LogP contribution < -0.4 is 4.74 Å². The average molecular weight is 314 g/mol. The van der Waals surface area contributed by atoms with Crippen LogP contribution in [0, 0.1) is 5.92 Å². The number of hydrogen-bond acceptors (Lipinski definition) is 4. The molecule has 1 aliphatic rings. The fourth-order valence-electron chi connectivity index (χ4n) is 3.39. The maximum Gasteiger partial charge on any atom is 0.120 e. The van der Waals surface area contributed by atoms with Gasteiger partial charge in [0.1, 0.15) is 5.75 Å². The summed E-state index contributed by atoms with van der Waals surface area (Å²) in [5, 5.41) is 1.13. The number of methoxy groups -OCH3 is 1. The van der Waals surface area contributed by atoms with Crippen LogP contribution in [-0.2, 0) is 11.3 Å². The molecule has 0 amide bonds. The zero-order valence-electron chi connectivity index (χ0n) is 14.1. The van der Waals surface area contributed by atoms with Gasteiger partial charge in [-0.15, -0.1) is 0 Å². The van der Waals surface area contributed by atoms with Crippen LogP contribution in [0.1, 0.15) is 25.5 Å². The molecule has 1 aliphatic heterocycles. The third-order valence-electron chi connectivity index (χ3n) is 4.42. The number of likely N-dealkylation sites (tertiary alicyclic amines) is 1. The van der Waals surface area contributed by atoms with E-state index < -0.39 is 0 Å². The molecule has 0 spiro atoms. The summed E-state index contributed by atoms with van der Waals surface area (Å²) in [6, 6.07) is 10.4. The number of aromatic nitrogens is 1. The first-order valence-electron chi connectivity index (χ1n) is 8.52. The summed E-state index contributed by atoms with van der Waals surface area (Å²) in [6.45, 7) is 6.74. The van der Waals surface area contributed by atoms with Crippen LogP contribution >= 0.6 is 0 Å². The zero-order chi connectivity index (χ0) is 16.1. The molecule has 1 saturated heterocycles. The number of ether oxygens (including phenoxy) is 2. The number of piperidine rings is 1. The van der Waals surface area contributed by atoms with Crippen molar-refractivity contribution < 1.29 is 9.47 Å².